The molecule has 1 unspecified atom stereocenters. The lowest BCUT2D eigenvalue weighted by Crippen LogP contribution is -2.51. The second-order valence-electron chi connectivity index (χ2n) is 8.96. The third-order valence-electron chi connectivity index (χ3n) is 5.31. The fraction of sp³-hybridized carbons (Fsp3) is 0.565. The van der Waals surface area contributed by atoms with E-state index in [1.807, 2.05) is 51.2 Å². The van der Waals surface area contributed by atoms with Gasteiger partial charge in [-0.15, -0.1) is 0 Å². The molecule has 1 atom stereocenters. The summed E-state index contributed by atoms with van der Waals surface area (Å²) in [5.74, 6) is -0.145. The minimum Gasteiger partial charge on any atom is -0.444 e. The van der Waals surface area contributed by atoms with Crippen LogP contribution in [0.3, 0.4) is 0 Å². The molecule has 6 heteroatoms. The van der Waals surface area contributed by atoms with Crippen LogP contribution in [0.5, 0.6) is 0 Å². The van der Waals surface area contributed by atoms with E-state index >= 15 is 0 Å². The van der Waals surface area contributed by atoms with Gasteiger partial charge in [0.2, 0.25) is 5.91 Å². The number of hydrogen-bond donors (Lipinski definition) is 3. The zero-order valence-corrected chi connectivity index (χ0v) is 17.7. The number of amides is 2. The van der Waals surface area contributed by atoms with Crippen molar-refractivity contribution in [1.82, 2.24) is 15.6 Å². The normalized spacial score (nSPS) is 16.8. The molecule has 3 rings (SSSR count). The molecule has 1 fully saturated rings. The minimum atomic E-state index is -0.688. The van der Waals surface area contributed by atoms with Crippen molar-refractivity contribution in [2.24, 2.45) is 0 Å². The monoisotopic (exact) mass is 399 g/mol. The van der Waals surface area contributed by atoms with Crippen LogP contribution in [0.4, 0.5) is 4.79 Å². The highest BCUT2D eigenvalue weighted by molar-refractivity contribution is 5.88. The van der Waals surface area contributed by atoms with Crippen LogP contribution in [0.25, 0.3) is 10.9 Å². The fourth-order valence-corrected chi connectivity index (χ4v) is 3.90. The van der Waals surface area contributed by atoms with E-state index in [4.69, 9.17) is 4.74 Å². The quantitative estimate of drug-likeness (QED) is 0.650. The van der Waals surface area contributed by atoms with Crippen LogP contribution in [0.2, 0.25) is 0 Å². The number of H-pyrrole nitrogens is 1. The van der Waals surface area contributed by atoms with Crippen molar-refractivity contribution in [2.45, 2.75) is 83.4 Å². The summed E-state index contributed by atoms with van der Waals surface area (Å²) in [6.45, 7) is 5.44. The number of alkyl carbamates (subject to hydrolysis) is 1. The predicted molar refractivity (Wildman–Crippen MR) is 115 cm³/mol. The van der Waals surface area contributed by atoms with Gasteiger partial charge in [-0.1, -0.05) is 43.9 Å². The second kappa shape index (κ2) is 9.33. The molecule has 2 amide bonds. The van der Waals surface area contributed by atoms with Crippen molar-refractivity contribution in [2.75, 3.05) is 0 Å². The highest BCUT2D eigenvalue weighted by Gasteiger charge is 2.27. The maximum absolute atomic E-state index is 13.1. The summed E-state index contributed by atoms with van der Waals surface area (Å²) in [7, 11) is 0. The number of rotatable bonds is 5. The molecule has 1 aliphatic rings. The van der Waals surface area contributed by atoms with E-state index in [0.717, 1.165) is 42.1 Å². The molecule has 3 N–H and O–H groups in total. The predicted octanol–water partition coefficient (Wildman–Crippen LogP) is 4.44. The molecule has 29 heavy (non-hydrogen) atoms. The highest BCUT2D eigenvalue weighted by Crippen LogP contribution is 2.21. The second-order valence-corrected chi connectivity index (χ2v) is 8.96. The van der Waals surface area contributed by atoms with Gasteiger partial charge in [0.1, 0.15) is 11.6 Å². The van der Waals surface area contributed by atoms with Gasteiger partial charge in [0, 0.05) is 29.6 Å². The first-order valence-corrected chi connectivity index (χ1v) is 10.7. The number of nitrogens with one attached hydrogen (secondary N) is 3. The number of fused-ring (bicyclic) bond motifs is 1. The SMILES string of the molecule is CC(C)(C)OC(=O)NC(Cc1c[nH]c2ccccc12)C(=O)NC1CCCCCC1. The van der Waals surface area contributed by atoms with Crippen LogP contribution in [0, 0.1) is 0 Å². The molecule has 1 aromatic heterocycles. The van der Waals surface area contributed by atoms with Gasteiger partial charge < -0.3 is 20.4 Å². The number of hydrogen-bond acceptors (Lipinski definition) is 3. The maximum atomic E-state index is 13.1. The maximum Gasteiger partial charge on any atom is 0.408 e. The first kappa shape index (κ1) is 21.2. The van der Waals surface area contributed by atoms with E-state index in [-0.39, 0.29) is 11.9 Å². The Morgan fingerprint density at radius 3 is 2.52 bits per heavy atom. The summed E-state index contributed by atoms with van der Waals surface area (Å²) < 4.78 is 5.40. The molecule has 158 valence electrons. The van der Waals surface area contributed by atoms with Crippen LogP contribution in [-0.4, -0.2) is 34.7 Å². The van der Waals surface area contributed by atoms with E-state index in [1.54, 1.807) is 0 Å². The Labute approximate surface area is 172 Å². The summed E-state index contributed by atoms with van der Waals surface area (Å²) in [6, 6.07) is 7.46. The van der Waals surface area contributed by atoms with Crippen molar-refractivity contribution in [3.05, 3.63) is 36.0 Å². The summed E-state index contributed by atoms with van der Waals surface area (Å²) in [5.41, 5.74) is 1.40. The Hall–Kier alpha value is -2.50. The Bertz CT molecular complexity index is 829. The molecular weight excluding hydrogens is 366 g/mol. The largest absolute Gasteiger partial charge is 0.444 e. The number of carbonyl (C=O) groups excluding carboxylic acids is 2. The molecule has 1 aliphatic carbocycles. The third kappa shape index (κ3) is 6.24. The first-order chi connectivity index (χ1) is 13.8. The van der Waals surface area contributed by atoms with Crippen molar-refractivity contribution in [1.29, 1.82) is 0 Å². The van der Waals surface area contributed by atoms with Crippen LogP contribution < -0.4 is 10.6 Å². The molecule has 1 heterocycles. The molecule has 6 nitrogen and oxygen atoms in total. The molecule has 1 aromatic carbocycles. The van der Waals surface area contributed by atoms with Crippen LogP contribution in [0.15, 0.2) is 30.5 Å². The first-order valence-electron chi connectivity index (χ1n) is 10.7. The molecule has 0 saturated heterocycles. The number of ether oxygens (including phenoxy) is 1. The summed E-state index contributed by atoms with van der Waals surface area (Å²) in [6.07, 6.45) is 8.46. The van der Waals surface area contributed by atoms with Crippen LogP contribution in [0.1, 0.15) is 64.9 Å². The lowest BCUT2D eigenvalue weighted by Gasteiger charge is -2.25. The average molecular weight is 400 g/mol. The van der Waals surface area contributed by atoms with Crippen molar-refractivity contribution in [3.8, 4) is 0 Å². The average Bonchev–Trinajstić information content (AvgIpc) is 2.87. The Balaban J connectivity index is 1.74. The molecule has 1 saturated carbocycles. The highest BCUT2D eigenvalue weighted by atomic mass is 16.6. The zero-order chi connectivity index (χ0) is 20.9. The van der Waals surface area contributed by atoms with Gasteiger partial charge in [0.05, 0.1) is 0 Å². The van der Waals surface area contributed by atoms with Crippen molar-refractivity contribution < 1.29 is 14.3 Å². The lowest BCUT2D eigenvalue weighted by molar-refractivity contribution is -0.124. The smallest absolute Gasteiger partial charge is 0.408 e. The van der Waals surface area contributed by atoms with Crippen LogP contribution in [-0.2, 0) is 16.0 Å². The third-order valence-corrected chi connectivity index (χ3v) is 5.31. The Morgan fingerprint density at radius 1 is 1.14 bits per heavy atom. The summed E-state index contributed by atoms with van der Waals surface area (Å²) in [5, 5.41) is 7.02. The van der Waals surface area contributed by atoms with E-state index in [2.05, 4.69) is 15.6 Å². The molecule has 2 aromatic rings. The van der Waals surface area contributed by atoms with Gasteiger partial charge >= 0.3 is 6.09 Å². The minimum absolute atomic E-state index is 0.145. The van der Waals surface area contributed by atoms with E-state index in [0.29, 0.717) is 6.42 Å². The molecular formula is C23H33N3O3. The molecule has 0 aliphatic heterocycles. The number of para-hydroxylation sites is 1. The molecule has 0 spiro atoms. The van der Waals surface area contributed by atoms with Crippen LogP contribution >= 0.6 is 0 Å². The van der Waals surface area contributed by atoms with Gasteiger partial charge in [-0.2, -0.15) is 0 Å². The standard InChI is InChI=1S/C23H33N3O3/c1-23(2,3)29-22(28)26-20(21(27)25-17-10-6-4-5-7-11-17)14-16-15-24-19-13-9-8-12-18(16)19/h8-9,12-13,15,17,20,24H,4-7,10-11,14H2,1-3H3,(H,25,27)(H,26,28). The summed E-state index contributed by atoms with van der Waals surface area (Å²) >= 11 is 0. The van der Waals surface area contributed by atoms with Gasteiger partial charge in [-0.25, -0.2) is 4.79 Å². The van der Waals surface area contributed by atoms with Gasteiger partial charge in [-0.3, -0.25) is 4.79 Å². The fourth-order valence-electron chi connectivity index (χ4n) is 3.90. The topological polar surface area (TPSA) is 83.2 Å². The number of aromatic nitrogens is 1. The van der Waals surface area contributed by atoms with E-state index in [1.165, 1.54) is 12.8 Å². The van der Waals surface area contributed by atoms with Gasteiger partial charge in [-0.05, 0) is 45.2 Å². The van der Waals surface area contributed by atoms with Gasteiger partial charge in [0.15, 0.2) is 0 Å². The van der Waals surface area contributed by atoms with Crippen molar-refractivity contribution >= 4 is 22.9 Å². The summed E-state index contributed by atoms with van der Waals surface area (Å²) in [4.78, 5) is 28.7. The number of benzene rings is 1. The zero-order valence-electron chi connectivity index (χ0n) is 17.7. The molecule has 0 bridgehead atoms. The Morgan fingerprint density at radius 2 is 1.83 bits per heavy atom. The lowest BCUT2D eigenvalue weighted by atomic mass is 10.0. The van der Waals surface area contributed by atoms with Gasteiger partial charge in [0.25, 0.3) is 0 Å². The number of carbonyl (C=O) groups is 2. The molecule has 0 radical (unpaired) electrons. The number of aromatic amines is 1. The van der Waals surface area contributed by atoms with E-state index < -0.39 is 17.7 Å². The van der Waals surface area contributed by atoms with Crippen molar-refractivity contribution in [3.63, 3.8) is 0 Å². The Kier molecular flexibility index (Phi) is 6.83. The van der Waals surface area contributed by atoms with E-state index in [9.17, 15) is 9.59 Å².